The first-order valence-electron chi connectivity index (χ1n) is 9.78. The van der Waals surface area contributed by atoms with Crippen molar-refractivity contribution in [1.82, 2.24) is 0 Å². The molecule has 3 rings (SSSR count). The quantitative estimate of drug-likeness (QED) is 0.564. The molecule has 0 saturated carbocycles. The average Bonchev–Trinajstić information content (AvgIpc) is 2.71. The second kappa shape index (κ2) is 10.3. The summed E-state index contributed by atoms with van der Waals surface area (Å²) >= 11 is 0. The monoisotopic (exact) mass is 403 g/mol. The highest BCUT2D eigenvalue weighted by Gasteiger charge is 2.11. The molecule has 0 fully saturated rings. The van der Waals surface area contributed by atoms with Gasteiger partial charge in [-0.1, -0.05) is 54.6 Å². The normalized spacial score (nSPS) is 10.3. The molecule has 5 heteroatoms. The van der Waals surface area contributed by atoms with Crippen LogP contribution in [0.1, 0.15) is 22.3 Å². The Morgan fingerprint density at radius 1 is 0.833 bits per heavy atom. The summed E-state index contributed by atoms with van der Waals surface area (Å²) in [7, 11) is 0. The minimum atomic E-state index is -0.597. The molecular weight excluding hydrogens is 378 g/mol. The maximum absolute atomic E-state index is 12.0. The minimum absolute atomic E-state index is 0.261. The molecule has 0 aliphatic heterocycles. The average molecular weight is 403 g/mol. The Morgan fingerprint density at radius 3 is 2.23 bits per heavy atom. The summed E-state index contributed by atoms with van der Waals surface area (Å²) in [4.78, 5) is 24.1. The summed E-state index contributed by atoms with van der Waals surface area (Å²) in [5.41, 5.74) is 4.90. The lowest BCUT2D eigenvalue weighted by atomic mass is 10.0. The van der Waals surface area contributed by atoms with Gasteiger partial charge in [0.05, 0.1) is 0 Å². The van der Waals surface area contributed by atoms with Crippen molar-refractivity contribution in [1.29, 1.82) is 0 Å². The van der Waals surface area contributed by atoms with E-state index in [-0.39, 0.29) is 13.2 Å². The lowest BCUT2D eigenvalue weighted by Crippen LogP contribution is -2.23. The lowest BCUT2D eigenvalue weighted by molar-refractivity contribution is -0.149. The molecule has 1 N–H and O–H groups in total. The highest BCUT2D eigenvalue weighted by atomic mass is 16.6. The second-order valence-corrected chi connectivity index (χ2v) is 7.14. The summed E-state index contributed by atoms with van der Waals surface area (Å²) in [6, 6.07) is 23.3. The number of nitrogens with one attached hydrogen (secondary N) is 1. The second-order valence-electron chi connectivity index (χ2n) is 7.14. The van der Waals surface area contributed by atoms with Gasteiger partial charge >= 0.3 is 5.97 Å². The number of carbonyl (C=O) groups is 2. The molecule has 1 amide bonds. The molecule has 0 unspecified atom stereocenters. The Kier molecular flexibility index (Phi) is 7.22. The molecule has 5 nitrogen and oxygen atoms in total. The van der Waals surface area contributed by atoms with Crippen LogP contribution in [0.15, 0.2) is 72.8 Å². The first kappa shape index (κ1) is 21.1. The van der Waals surface area contributed by atoms with E-state index in [0.29, 0.717) is 17.9 Å². The largest absolute Gasteiger partial charge is 0.482 e. The minimum Gasteiger partial charge on any atom is -0.482 e. The number of para-hydroxylation sites is 1. The molecule has 30 heavy (non-hydrogen) atoms. The maximum atomic E-state index is 12.0. The van der Waals surface area contributed by atoms with E-state index in [2.05, 4.69) is 5.32 Å². The molecule has 0 saturated heterocycles. The van der Waals surface area contributed by atoms with E-state index in [9.17, 15) is 9.59 Å². The number of rotatable bonds is 8. The van der Waals surface area contributed by atoms with Crippen LogP contribution in [0.2, 0.25) is 0 Å². The highest BCUT2D eigenvalue weighted by molar-refractivity contribution is 5.93. The van der Waals surface area contributed by atoms with Crippen molar-refractivity contribution < 1.29 is 19.1 Å². The van der Waals surface area contributed by atoms with Crippen LogP contribution in [-0.2, 0) is 20.7 Å². The van der Waals surface area contributed by atoms with Crippen molar-refractivity contribution in [3.63, 3.8) is 0 Å². The molecule has 0 aliphatic carbocycles. The number of ether oxygens (including phenoxy) is 2. The molecule has 0 bridgehead atoms. The summed E-state index contributed by atoms with van der Waals surface area (Å²) in [6.45, 7) is 3.29. The lowest BCUT2D eigenvalue weighted by Gasteiger charge is -2.12. The summed E-state index contributed by atoms with van der Waals surface area (Å²) < 4.78 is 10.7. The van der Waals surface area contributed by atoms with Gasteiger partial charge in [-0.2, -0.15) is 0 Å². The Labute approximate surface area is 176 Å². The first-order chi connectivity index (χ1) is 14.5. The van der Waals surface area contributed by atoms with Crippen molar-refractivity contribution in [3.05, 3.63) is 95.1 Å². The van der Waals surface area contributed by atoms with Crippen LogP contribution < -0.4 is 10.1 Å². The fourth-order valence-corrected chi connectivity index (χ4v) is 3.17. The summed E-state index contributed by atoms with van der Waals surface area (Å²) in [6.07, 6.45) is 0.699. The molecule has 3 aromatic rings. The Balaban J connectivity index is 1.48. The fraction of sp³-hybridized carbons (Fsp3) is 0.200. The van der Waals surface area contributed by atoms with Crippen molar-refractivity contribution in [2.45, 2.75) is 20.3 Å². The molecule has 0 heterocycles. The van der Waals surface area contributed by atoms with Crippen molar-refractivity contribution in [2.75, 3.05) is 18.5 Å². The van der Waals surface area contributed by atoms with Gasteiger partial charge in [-0.15, -0.1) is 0 Å². The maximum Gasteiger partial charge on any atom is 0.344 e. The van der Waals surface area contributed by atoms with Gasteiger partial charge in [0.15, 0.2) is 13.2 Å². The number of anilines is 1. The van der Waals surface area contributed by atoms with E-state index in [4.69, 9.17) is 9.47 Å². The van der Waals surface area contributed by atoms with Crippen LogP contribution in [-0.4, -0.2) is 25.1 Å². The Bertz CT molecular complexity index is 994. The third kappa shape index (κ3) is 6.48. The summed E-state index contributed by atoms with van der Waals surface area (Å²) in [5, 5.41) is 2.73. The van der Waals surface area contributed by atoms with Crippen LogP contribution in [0.25, 0.3) is 0 Å². The van der Waals surface area contributed by atoms with Gasteiger partial charge in [0.25, 0.3) is 5.91 Å². The van der Waals surface area contributed by atoms with Crippen molar-refractivity contribution in [3.8, 4) is 5.75 Å². The topological polar surface area (TPSA) is 64.6 Å². The zero-order chi connectivity index (χ0) is 21.3. The van der Waals surface area contributed by atoms with Gasteiger partial charge in [0.1, 0.15) is 5.75 Å². The van der Waals surface area contributed by atoms with Gasteiger partial charge in [-0.05, 0) is 54.3 Å². The number of esters is 1. The molecule has 0 atom stereocenters. The smallest absolute Gasteiger partial charge is 0.344 e. The molecule has 3 aromatic carbocycles. The van der Waals surface area contributed by atoms with Crippen LogP contribution in [0.3, 0.4) is 0 Å². The van der Waals surface area contributed by atoms with E-state index in [1.807, 2.05) is 86.6 Å². The predicted octanol–water partition coefficient (Wildman–Crippen LogP) is 4.45. The molecule has 0 aromatic heterocycles. The van der Waals surface area contributed by atoms with E-state index in [1.54, 1.807) is 0 Å². The summed E-state index contributed by atoms with van der Waals surface area (Å²) in [5.74, 6) is -0.365. The number of benzene rings is 3. The Morgan fingerprint density at radius 2 is 1.50 bits per heavy atom. The van der Waals surface area contributed by atoms with Gasteiger partial charge in [-0.25, -0.2) is 4.79 Å². The zero-order valence-corrected chi connectivity index (χ0v) is 17.2. The van der Waals surface area contributed by atoms with Gasteiger partial charge in [-0.3, -0.25) is 4.79 Å². The SMILES string of the molecule is Cc1cc(C)cc(NC(=O)COC(=O)COc2ccccc2Cc2ccccc2)c1. The van der Waals surface area contributed by atoms with Crippen LogP contribution in [0, 0.1) is 13.8 Å². The van der Waals surface area contributed by atoms with E-state index >= 15 is 0 Å². The molecule has 0 spiro atoms. The van der Waals surface area contributed by atoms with E-state index < -0.39 is 11.9 Å². The Hall–Kier alpha value is -3.60. The van der Waals surface area contributed by atoms with Crippen LogP contribution in [0.5, 0.6) is 5.75 Å². The number of hydrogen-bond donors (Lipinski definition) is 1. The fourth-order valence-electron chi connectivity index (χ4n) is 3.17. The molecule has 154 valence electrons. The number of hydrogen-bond acceptors (Lipinski definition) is 4. The van der Waals surface area contributed by atoms with Crippen molar-refractivity contribution in [2.24, 2.45) is 0 Å². The van der Waals surface area contributed by atoms with Crippen LogP contribution >= 0.6 is 0 Å². The van der Waals surface area contributed by atoms with Crippen LogP contribution in [0.4, 0.5) is 5.69 Å². The zero-order valence-electron chi connectivity index (χ0n) is 17.2. The van der Waals surface area contributed by atoms with E-state index in [1.165, 1.54) is 0 Å². The third-order valence-corrected chi connectivity index (χ3v) is 4.43. The predicted molar refractivity (Wildman–Crippen MR) is 117 cm³/mol. The number of aryl methyl sites for hydroxylation is 2. The van der Waals surface area contributed by atoms with Gasteiger partial charge in [0.2, 0.25) is 0 Å². The standard InChI is InChI=1S/C25H25NO4/c1-18-12-19(2)14-22(13-18)26-24(27)16-30-25(28)17-29-23-11-7-6-10-21(23)15-20-8-4-3-5-9-20/h3-14H,15-17H2,1-2H3,(H,26,27). The highest BCUT2D eigenvalue weighted by Crippen LogP contribution is 2.21. The van der Waals surface area contributed by atoms with Gasteiger partial charge < -0.3 is 14.8 Å². The van der Waals surface area contributed by atoms with E-state index in [0.717, 1.165) is 22.3 Å². The third-order valence-electron chi connectivity index (χ3n) is 4.43. The molecule has 0 aliphatic rings. The molecule has 0 radical (unpaired) electrons. The van der Waals surface area contributed by atoms with Crippen molar-refractivity contribution >= 4 is 17.6 Å². The first-order valence-corrected chi connectivity index (χ1v) is 9.78. The number of amides is 1. The van der Waals surface area contributed by atoms with Gasteiger partial charge in [0, 0.05) is 12.1 Å². The number of carbonyl (C=O) groups excluding carboxylic acids is 2. The molecular formula is C25H25NO4.